The van der Waals surface area contributed by atoms with Gasteiger partial charge in [0, 0.05) is 23.5 Å². The predicted molar refractivity (Wildman–Crippen MR) is 79.0 cm³/mol. The van der Waals surface area contributed by atoms with Crippen molar-refractivity contribution in [3.05, 3.63) is 46.7 Å². The standard InChI is InChI=1S/C15H14N4O2/c20-14-6-10(7-16-14)18-9-1-4-13-12(5-9)15(21)19(8-17-13)11-2-3-11/h1,4-6,8,11,18H,2-3,7H2,(H,16,20). The van der Waals surface area contributed by atoms with Gasteiger partial charge in [-0.3, -0.25) is 14.2 Å². The van der Waals surface area contributed by atoms with E-state index in [1.54, 1.807) is 17.0 Å². The molecule has 0 spiro atoms. The van der Waals surface area contributed by atoms with E-state index in [4.69, 9.17) is 0 Å². The maximum Gasteiger partial charge on any atom is 0.261 e. The zero-order valence-corrected chi connectivity index (χ0v) is 11.3. The molecular weight excluding hydrogens is 268 g/mol. The third kappa shape index (κ3) is 2.18. The third-order valence-corrected chi connectivity index (χ3v) is 3.79. The number of anilines is 1. The number of nitrogens with one attached hydrogen (secondary N) is 2. The fraction of sp³-hybridized carbons (Fsp3) is 0.267. The highest BCUT2D eigenvalue weighted by Gasteiger charge is 2.25. The maximum absolute atomic E-state index is 12.5. The molecule has 6 nitrogen and oxygen atoms in total. The molecule has 0 unspecified atom stereocenters. The highest BCUT2D eigenvalue weighted by atomic mass is 16.1. The van der Waals surface area contributed by atoms with Gasteiger partial charge in [-0.1, -0.05) is 0 Å². The van der Waals surface area contributed by atoms with Crippen LogP contribution in [0.5, 0.6) is 0 Å². The molecule has 2 aromatic rings. The predicted octanol–water partition coefficient (Wildman–Crippen LogP) is 1.16. The van der Waals surface area contributed by atoms with Gasteiger partial charge in [0.2, 0.25) is 5.91 Å². The van der Waals surface area contributed by atoms with Crippen molar-refractivity contribution >= 4 is 22.5 Å². The number of benzene rings is 1. The average Bonchev–Trinajstić information content (AvgIpc) is 3.23. The Morgan fingerprint density at radius 1 is 1.29 bits per heavy atom. The average molecular weight is 282 g/mol. The summed E-state index contributed by atoms with van der Waals surface area (Å²) in [6.45, 7) is 0.482. The molecule has 0 atom stereocenters. The van der Waals surface area contributed by atoms with Gasteiger partial charge in [0.05, 0.1) is 23.8 Å². The van der Waals surface area contributed by atoms with Gasteiger partial charge < -0.3 is 10.6 Å². The molecule has 1 aromatic heterocycles. The second-order valence-electron chi connectivity index (χ2n) is 5.43. The van der Waals surface area contributed by atoms with E-state index in [1.807, 2.05) is 12.1 Å². The largest absolute Gasteiger partial charge is 0.357 e. The van der Waals surface area contributed by atoms with Crippen molar-refractivity contribution in [3.63, 3.8) is 0 Å². The first-order valence-corrected chi connectivity index (χ1v) is 6.97. The van der Waals surface area contributed by atoms with Crippen molar-refractivity contribution < 1.29 is 4.79 Å². The smallest absolute Gasteiger partial charge is 0.261 e. The number of hydrogen-bond acceptors (Lipinski definition) is 4. The van der Waals surface area contributed by atoms with Gasteiger partial charge in [0.15, 0.2) is 0 Å². The first-order chi connectivity index (χ1) is 10.2. The molecule has 2 heterocycles. The van der Waals surface area contributed by atoms with Gasteiger partial charge in [-0.15, -0.1) is 0 Å². The summed E-state index contributed by atoms with van der Waals surface area (Å²) in [6, 6.07) is 5.79. The molecular formula is C15H14N4O2. The van der Waals surface area contributed by atoms with Crippen LogP contribution in [0.4, 0.5) is 5.69 Å². The molecule has 21 heavy (non-hydrogen) atoms. The van der Waals surface area contributed by atoms with Gasteiger partial charge in [-0.2, -0.15) is 0 Å². The van der Waals surface area contributed by atoms with Crippen molar-refractivity contribution in [2.45, 2.75) is 18.9 Å². The minimum atomic E-state index is -0.101. The second kappa shape index (κ2) is 4.44. The SMILES string of the molecule is O=C1C=C(Nc2ccc3ncn(C4CC4)c(=O)c3c2)CN1. The summed E-state index contributed by atoms with van der Waals surface area (Å²) in [5.41, 5.74) is 2.28. The first-order valence-electron chi connectivity index (χ1n) is 6.97. The fourth-order valence-electron chi connectivity index (χ4n) is 2.53. The van der Waals surface area contributed by atoms with Crippen LogP contribution >= 0.6 is 0 Å². The maximum atomic E-state index is 12.5. The molecule has 106 valence electrons. The van der Waals surface area contributed by atoms with Crippen LogP contribution in [0.15, 0.2) is 41.1 Å². The Morgan fingerprint density at radius 2 is 2.14 bits per heavy atom. The minimum absolute atomic E-state index is 0.000697. The number of hydrogen-bond donors (Lipinski definition) is 2. The summed E-state index contributed by atoms with van der Waals surface area (Å²) in [6.07, 6.45) is 5.25. The zero-order valence-electron chi connectivity index (χ0n) is 11.3. The first kappa shape index (κ1) is 12.1. The van der Waals surface area contributed by atoms with Crippen molar-refractivity contribution in [1.82, 2.24) is 14.9 Å². The third-order valence-electron chi connectivity index (χ3n) is 3.79. The molecule has 4 rings (SSSR count). The molecule has 1 saturated carbocycles. The number of fused-ring (bicyclic) bond motifs is 1. The number of rotatable bonds is 3. The van der Waals surface area contributed by atoms with E-state index >= 15 is 0 Å². The van der Waals surface area contributed by atoms with Crippen molar-refractivity contribution in [1.29, 1.82) is 0 Å². The molecule has 1 aliphatic carbocycles. The van der Waals surface area contributed by atoms with E-state index in [9.17, 15) is 9.59 Å². The summed E-state index contributed by atoms with van der Waals surface area (Å²) in [5.74, 6) is -0.101. The topological polar surface area (TPSA) is 76.0 Å². The minimum Gasteiger partial charge on any atom is -0.357 e. The molecule has 0 bridgehead atoms. The number of carbonyl (C=O) groups is 1. The normalized spacial score (nSPS) is 17.7. The number of aromatic nitrogens is 2. The van der Waals surface area contributed by atoms with Gasteiger partial charge in [-0.25, -0.2) is 4.98 Å². The van der Waals surface area contributed by atoms with Gasteiger partial charge in [-0.05, 0) is 31.0 Å². The van der Waals surface area contributed by atoms with E-state index in [0.29, 0.717) is 23.5 Å². The van der Waals surface area contributed by atoms with E-state index in [1.165, 1.54) is 6.08 Å². The number of carbonyl (C=O) groups excluding carboxylic acids is 1. The molecule has 1 amide bonds. The lowest BCUT2D eigenvalue weighted by Gasteiger charge is -2.09. The van der Waals surface area contributed by atoms with Crippen molar-refractivity contribution in [2.24, 2.45) is 0 Å². The summed E-state index contributed by atoms with van der Waals surface area (Å²) in [7, 11) is 0. The molecule has 6 heteroatoms. The quantitative estimate of drug-likeness (QED) is 0.885. The highest BCUT2D eigenvalue weighted by molar-refractivity contribution is 5.92. The summed E-state index contributed by atoms with van der Waals surface area (Å²) in [5, 5.41) is 6.46. The highest BCUT2D eigenvalue weighted by Crippen LogP contribution is 2.33. The van der Waals surface area contributed by atoms with Gasteiger partial charge in [0.1, 0.15) is 0 Å². The Kier molecular flexibility index (Phi) is 2.57. The Hall–Kier alpha value is -2.63. The Balaban J connectivity index is 1.74. The lowest BCUT2D eigenvalue weighted by Crippen LogP contribution is -2.19. The van der Waals surface area contributed by atoms with Crippen molar-refractivity contribution in [2.75, 3.05) is 11.9 Å². The molecule has 2 aliphatic rings. The van der Waals surface area contributed by atoms with E-state index in [2.05, 4.69) is 15.6 Å². The lowest BCUT2D eigenvalue weighted by molar-refractivity contribution is -0.115. The summed E-state index contributed by atoms with van der Waals surface area (Å²) >= 11 is 0. The van der Waals surface area contributed by atoms with E-state index in [0.717, 1.165) is 24.2 Å². The second-order valence-corrected chi connectivity index (χ2v) is 5.43. The molecule has 1 fully saturated rings. The summed E-state index contributed by atoms with van der Waals surface area (Å²) in [4.78, 5) is 28.0. The van der Waals surface area contributed by atoms with Gasteiger partial charge in [0.25, 0.3) is 5.56 Å². The Bertz CT molecular complexity index is 833. The van der Waals surface area contributed by atoms with Crippen LogP contribution in [-0.2, 0) is 4.79 Å². The Morgan fingerprint density at radius 3 is 2.86 bits per heavy atom. The van der Waals surface area contributed by atoms with Crippen molar-refractivity contribution in [3.8, 4) is 0 Å². The Labute approximate surface area is 120 Å². The monoisotopic (exact) mass is 282 g/mol. The fourth-order valence-corrected chi connectivity index (χ4v) is 2.53. The number of nitrogens with zero attached hydrogens (tertiary/aromatic N) is 2. The van der Waals surface area contributed by atoms with Crippen LogP contribution in [0, 0.1) is 0 Å². The lowest BCUT2D eigenvalue weighted by atomic mass is 10.2. The molecule has 0 saturated heterocycles. The van der Waals surface area contributed by atoms with Crippen LogP contribution in [0.1, 0.15) is 18.9 Å². The van der Waals surface area contributed by atoms with Crippen LogP contribution in [-0.4, -0.2) is 22.0 Å². The molecule has 1 aliphatic heterocycles. The number of amides is 1. The van der Waals surface area contributed by atoms with Crippen LogP contribution in [0.3, 0.4) is 0 Å². The zero-order chi connectivity index (χ0) is 14.4. The van der Waals surface area contributed by atoms with E-state index < -0.39 is 0 Å². The van der Waals surface area contributed by atoms with Gasteiger partial charge >= 0.3 is 0 Å². The molecule has 2 N–H and O–H groups in total. The van der Waals surface area contributed by atoms with E-state index in [-0.39, 0.29) is 11.5 Å². The van der Waals surface area contributed by atoms with Crippen LogP contribution < -0.4 is 16.2 Å². The van der Waals surface area contributed by atoms with Crippen LogP contribution in [0.25, 0.3) is 10.9 Å². The molecule has 1 aromatic carbocycles. The van der Waals surface area contributed by atoms with Crippen LogP contribution in [0.2, 0.25) is 0 Å². The summed E-state index contributed by atoms with van der Waals surface area (Å²) < 4.78 is 1.71. The molecule has 0 radical (unpaired) electrons.